The van der Waals surface area contributed by atoms with Gasteiger partial charge in [0.15, 0.2) is 0 Å². The molecule has 1 saturated heterocycles. The largest absolute Gasteiger partial charge is 0.354 e. The van der Waals surface area contributed by atoms with Gasteiger partial charge in [0.1, 0.15) is 6.04 Å². The standard InChI is InChI=1S/C12H23N3O2.ClH/c1-3-7-12(2,13)11(17)15-9-6-4-5-8-14-10(9)16;/h9H,3-8,13H2,1-2H3,(H,14,16)(H,15,17);1H. The third-order valence-electron chi connectivity index (χ3n) is 3.13. The van der Waals surface area contributed by atoms with E-state index < -0.39 is 11.6 Å². The Kier molecular flexibility index (Phi) is 7.25. The third-order valence-corrected chi connectivity index (χ3v) is 3.13. The highest BCUT2D eigenvalue weighted by Crippen LogP contribution is 2.11. The molecule has 0 spiro atoms. The van der Waals surface area contributed by atoms with Crippen LogP contribution in [0.15, 0.2) is 0 Å². The summed E-state index contributed by atoms with van der Waals surface area (Å²) in [5, 5.41) is 5.55. The molecule has 1 fully saturated rings. The SMILES string of the molecule is CCCC(C)(N)C(=O)NC1CCCCNC1=O.Cl. The summed E-state index contributed by atoms with van der Waals surface area (Å²) in [5.41, 5.74) is 5.04. The van der Waals surface area contributed by atoms with E-state index in [0.717, 1.165) is 19.3 Å². The zero-order valence-corrected chi connectivity index (χ0v) is 11.9. The number of nitrogens with two attached hydrogens (primary N) is 1. The molecule has 2 unspecified atom stereocenters. The van der Waals surface area contributed by atoms with Crippen LogP contribution in [0.25, 0.3) is 0 Å². The summed E-state index contributed by atoms with van der Waals surface area (Å²) in [6.45, 7) is 4.39. The fourth-order valence-electron chi connectivity index (χ4n) is 2.03. The van der Waals surface area contributed by atoms with Crippen molar-refractivity contribution in [3.63, 3.8) is 0 Å². The molecule has 0 aromatic carbocycles. The molecule has 1 aliphatic heterocycles. The molecule has 0 saturated carbocycles. The fourth-order valence-corrected chi connectivity index (χ4v) is 2.03. The summed E-state index contributed by atoms with van der Waals surface area (Å²) in [6.07, 6.45) is 4.07. The Labute approximate surface area is 115 Å². The van der Waals surface area contributed by atoms with Crippen LogP contribution in [0.5, 0.6) is 0 Å². The van der Waals surface area contributed by atoms with Crippen LogP contribution in [0, 0.1) is 0 Å². The van der Waals surface area contributed by atoms with Crippen LogP contribution >= 0.6 is 12.4 Å². The van der Waals surface area contributed by atoms with Crippen molar-refractivity contribution < 1.29 is 9.59 Å². The van der Waals surface area contributed by atoms with E-state index in [9.17, 15) is 9.59 Å². The van der Waals surface area contributed by atoms with E-state index in [2.05, 4.69) is 10.6 Å². The maximum atomic E-state index is 12.0. The molecule has 0 radical (unpaired) electrons. The molecule has 1 rings (SSSR count). The first-order chi connectivity index (χ1) is 7.97. The van der Waals surface area contributed by atoms with Crippen molar-refractivity contribution >= 4 is 24.2 Å². The number of rotatable bonds is 4. The van der Waals surface area contributed by atoms with Gasteiger partial charge in [-0.05, 0) is 32.6 Å². The van der Waals surface area contributed by atoms with Crippen molar-refractivity contribution in [2.24, 2.45) is 5.73 Å². The third kappa shape index (κ3) is 4.82. The highest BCUT2D eigenvalue weighted by molar-refractivity contribution is 5.91. The summed E-state index contributed by atoms with van der Waals surface area (Å²) in [4.78, 5) is 23.6. The zero-order valence-electron chi connectivity index (χ0n) is 11.1. The lowest BCUT2D eigenvalue weighted by atomic mass is 9.96. The Morgan fingerprint density at radius 2 is 2.22 bits per heavy atom. The minimum atomic E-state index is -0.888. The first-order valence-electron chi connectivity index (χ1n) is 6.35. The Balaban J connectivity index is 0.00000289. The topological polar surface area (TPSA) is 84.2 Å². The molecule has 4 N–H and O–H groups in total. The van der Waals surface area contributed by atoms with E-state index in [0.29, 0.717) is 19.4 Å². The van der Waals surface area contributed by atoms with Crippen molar-refractivity contribution in [1.29, 1.82) is 0 Å². The van der Waals surface area contributed by atoms with Crippen LogP contribution in [-0.2, 0) is 9.59 Å². The highest BCUT2D eigenvalue weighted by Gasteiger charge is 2.31. The van der Waals surface area contributed by atoms with Gasteiger partial charge in [-0.15, -0.1) is 12.4 Å². The molecule has 0 bridgehead atoms. The summed E-state index contributed by atoms with van der Waals surface area (Å²) in [5.74, 6) is -0.329. The average Bonchev–Trinajstić information content (AvgIpc) is 2.44. The highest BCUT2D eigenvalue weighted by atomic mass is 35.5. The number of halogens is 1. The molecule has 1 aliphatic rings. The first-order valence-corrected chi connectivity index (χ1v) is 6.35. The maximum absolute atomic E-state index is 12.0. The van der Waals surface area contributed by atoms with Crippen LogP contribution in [0.3, 0.4) is 0 Å². The molecule has 106 valence electrons. The van der Waals surface area contributed by atoms with Crippen LogP contribution in [0.4, 0.5) is 0 Å². The van der Waals surface area contributed by atoms with Gasteiger partial charge in [0.2, 0.25) is 11.8 Å². The predicted molar refractivity (Wildman–Crippen MR) is 73.5 cm³/mol. The zero-order chi connectivity index (χ0) is 12.9. The molecule has 2 amide bonds. The lowest BCUT2D eigenvalue weighted by molar-refractivity contribution is -0.131. The molecule has 5 nitrogen and oxygen atoms in total. The van der Waals surface area contributed by atoms with Gasteiger partial charge in [-0.3, -0.25) is 9.59 Å². The van der Waals surface area contributed by atoms with Gasteiger partial charge in [0.25, 0.3) is 0 Å². The van der Waals surface area contributed by atoms with Crippen molar-refractivity contribution in [3.05, 3.63) is 0 Å². The van der Waals surface area contributed by atoms with Gasteiger partial charge < -0.3 is 16.4 Å². The van der Waals surface area contributed by atoms with Crippen LogP contribution in [-0.4, -0.2) is 29.9 Å². The number of hydrogen-bond acceptors (Lipinski definition) is 3. The van der Waals surface area contributed by atoms with Crippen molar-refractivity contribution in [2.75, 3.05) is 6.54 Å². The minimum absolute atomic E-state index is 0. The Bertz CT molecular complexity index is 295. The van der Waals surface area contributed by atoms with Crippen LogP contribution in [0.1, 0.15) is 46.0 Å². The van der Waals surface area contributed by atoms with Crippen LogP contribution in [0.2, 0.25) is 0 Å². The lowest BCUT2D eigenvalue weighted by Crippen LogP contribution is -2.56. The molecule has 0 aromatic heterocycles. The molecule has 0 aliphatic carbocycles. The lowest BCUT2D eigenvalue weighted by Gasteiger charge is -2.25. The van der Waals surface area contributed by atoms with Crippen LogP contribution < -0.4 is 16.4 Å². The van der Waals surface area contributed by atoms with E-state index in [1.54, 1.807) is 6.92 Å². The monoisotopic (exact) mass is 277 g/mol. The number of carbonyl (C=O) groups excluding carboxylic acids is 2. The quantitative estimate of drug-likeness (QED) is 0.708. The van der Waals surface area contributed by atoms with Gasteiger partial charge in [-0.25, -0.2) is 0 Å². The number of nitrogens with one attached hydrogen (secondary N) is 2. The van der Waals surface area contributed by atoms with Gasteiger partial charge in [0.05, 0.1) is 5.54 Å². The molecule has 1 heterocycles. The average molecular weight is 278 g/mol. The molecule has 2 atom stereocenters. The smallest absolute Gasteiger partial charge is 0.242 e. The van der Waals surface area contributed by atoms with E-state index in [1.165, 1.54) is 0 Å². The predicted octanol–water partition coefficient (Wildman–Crippen LogP) is 0.711. The van der Waals surface area contributed by atoms with E-state index >= 15 is 0 Å². The normalized spacial score (nSPS) is 23.1. The maximum Gasteiger partial charge on any atom is 0.242 e. The molecular formula is C12H24ClN3O2. The second-order valence-electron chi connectivity index (χ2n) is 4.98. The molecule has 6 heteroatoms. The van der Waals surface area contributed by atoms with E-state index in [1.807, 2.05) is 6.92 Å². The second-order valence-corrected chi connectivity index (χ2v) is 4.98. The Morgan fingerprint density at radius 1 is 1.56 bits per heavy atom. The molecular weight excluding hydrogens is 254 g/mol. The summed E-state index contributed by atoms with van der Waals surface area (Å²) < 4.78 is 0. The Morgan fingerprint density at radius 3 is 2.83 bits per heavy atom. The molecule has 0 aromatic rings. The fraction of sp³-hybridized carbons (Fsp3) is 0.833. The minimum Gasteiger partial charge on any atom is -0.354 e. The number of hydrogen-bond donors (Lipinski definition) is 3. The number of carbonyl (C=O) groups is 2. The van der Waals surface area contributed by atoms with E-state index in [4.69, 9.17) is 5.73 Å². The summed E-state index contributed by atoms with van der Waals surface area (Å²) in [7, 11) is 0. The van der Waals surface area contributed by atoms with Gasteiger partial charge in [-0.1, -0.05) is 13.3 Å². The second kappa shape index (κ2) is 7.59. The number of amides is 2. The van der Waals surface area contributed by atoms with Gasteiger partial charge in [-0.2, -0.15) is 0 Å². The Hall–Kier alpha value is -0.810. The molecule has 18 heavy (non-hydrogen) atoms. The van der Waals surface area contributed by atoms with Gasteiger partial charge in [0, 0.05) is 6.54 Å². The van der Waals surface area contributed by atoms with Crippen molar-refractivity contribution in [3.8, 4) is 0 Å². The van der Waals surface area contributed by atoms with Crippen molar-refractivity contribution in [1.82, 2.24) is 10.6 Å². The first kappa shape index (κ1) is 17.2. The summed E-state index contributed by atoms with van der Waals surface area (Å²) in [6, 6.07) is -0.426. The van der Waals surface area contributed by atoms with Crippen molar-refractivity contribution in [2.45, 2.75) is 57.5 Å². The van der Waals surface area contributed by atoms with Gasteiger partial charge >= 0.3 is 0 Å². The summed E-state index contributed by atoms with van der Waals surface area (Å²) >= 11 is 0. The van der Waals surface area contributed by atoms with E-state index in [-0.39, 0.29) is 24.2 Å².